The highest BCUT2D eigenvalue weighted by atomic mass is 16.5. The summed E-state index contributed by atoms with van der Waals surface area (Å²) in [5.41, 5.74) is 6.01. The molecule has 4 aromatic rings. The van der Waals surface area contributed by atoms with Gasteiger partial charge in [0.2, 0.25) is 0 Å². The molecule has 0 spiro atoms. The molecule has 0 bridgehead atoms. The zero-order valence-corrected chi connectivity index (χ0v) is 15.6. The summed E-state index contributed by atoms with van der Waals surface area (Å²) in [5.74, 6) is 1.20. The van der Waals surface area contributed by atoms with E-state index in [0.717, 1.165) is 35.4 Å². The standard InChI is InChI=1S/C24H22N2O2/c27-18-8-4-7-17(13-18)23-24-20(11-12-25-23)21-14-19(9-10-22(21)26-24)28-15-16-5-2-1-3-6-16/h1-10,13-14,23,25-27H,11-12,15H2/p+1/t23-/m0/s1. The Kier molecular flexibility index (Phi) is 4.26. The van der Waals surface area contributed by atoms with Gasteiger partial charge in [-0.3, -0.25) is 0 Å². The summed E-state index contributed by atoms with van der Waals surface area (Å²) in [5, 5.41) is 13.4. The molecule has 3 aromatic carbocycles. The first kappa shape index (κ1) is 16.9. The van der Waals surface area contributed by atoms with Crippen LogP contribution in [0.2, 0.25) is 0 Å². The van der Waals surface area contributed by atoms with Crippen LogP contribution in [0.3, 0.4) is 0 Å². The number of phenols is 1. The molecule has 0 amide bonds. The van der Waals surface area contributed by atoms with Gasteiger partial charge >= 0.3 is 0 Å². The number of hydrogen-bond acceptors (Lipinski definition) is 2. The van der Waals surface area contributed by atoms with Crippen LogP contribution >= 0.6 is 0 Å². The zero-order valence-electron chi connectivity index (χ0n) is 15.6. The quantitative estimate of drug-likeness (QED) is 0.513. The topological polar surface area (TPSA) is 61.9 Å². The molecule has 4 N–H and O–H groups in total. The Bertz CT molecular complexity index is 1120. The van der Waals surface area contributed by atoms with Gasteiger partial charge in [0.05, 0.1) is 12.2 Å². The molecule has 0 aliphatic carbocycles. The van der Waals surface area contributed by atoms with E-state index in [9.17, 15) is 5.11 Å². The first-order chi connectivity index (χ1) is 13.8. The third-order valence-electron chi connectivity index (χ3n) is 5.50. The lowest BCUT2D eigenvalue weighted by atomic mass is 9.94. The number of phenolic OH excluding ortho intramolecular Hbond substituents is 1. The molecular formula is C24H23N2O2+. The van der Waals surface area contributed by atoms with Gasteiger partial charge in [-0.15, -0.1) is 0 Å². The summed E-state index contributed by atoms with van der Waals surface area (Å²) in [4.78, 5) is 3.62. The fraction of sp³-hybridized carbons (Fsp3) is 0.167. The van der Waals surface area contributed by atoms with Crippen LogP contribution in [0.15, 0.2) is 72.8 Å². The minimum absolute atomic E-state index is 0.178. The number of nitrogens with two attached hydrogens (primary N) is 1. The van der Waals surface area contributed by atoms with E-state index in [1.807, 2.05) is 36.4 Å². The number of aromatic amines is 1. The van der Waals surface area contributed by atoms with Crippen molar-refractivity contribution < 1.29 is 15.2 Å². The van der Waals surface area contributed by atoms with E-state index < -0.39 is 0 Å². The number of aromatic hydroxyl groups is 1. The van der Waals surface area contributed by atoms with Crippen LogP contribution in [-0.2, 0) is 13.0 Å². The maximum atomic E-state index is 9.88. The Morgan fingerprint density at radius 3 is 2.75 bits per heavy atom. The van der Waals surface area contributed by atoms with Crippen molar-refractivity contribution in [2.24, 2.45) is 0 Å². The van der Waals surface area contributed by atoms with E-state index in [4.69, 9.17) is 4.74 Å². The van der Waals surface area contributed by atoms with Crippen LogP contribution in [-0.4, -0.2) is 16.6 Å². The number of benzene rings is 3. The lowest BCUT2D eigenvalue weighted by Crippen LogP contribution is -2.87. The number of hydrogen-bond donors (Lipinski definition) is 3. The van der Waals surface area contributed by atoms with Crippen LogP contribution in [0.5, 0.6) is 11.5 Å². The summed E-state index contributed by atoms with van der Waals surface area (Å²) in [6.07, 6.45) is 1.02. The van der Waals surface area contributed by atoms with Gasteiger partial charge in [0.15, 0.2) is 6.04 Å². The van der Waals surface area contributed by atoms with Gasteiger partial charge in [-0.25, -0.2) is 0 Å². The predicted octanol–water partition coefficient (Wildman–Crippen LogP) is 3.66. The summed E-state index contributed by atoms with van der Waals surface area (Å²) in [6, 6.07) is 24.3. The number of fused-ring (bicyclic) bond motifs is 3. The molecule has 0 unspecified atom stereocenters. The van der Waals surface area contributed by atoms with Gasteiger partial charge in [0.25, 0.3) is 0 Å². The van der Waals surface area contributed by atoms with Crippen molar-refractivity contribution in [3.63, 3.8) is 0 Å². The molecule has 1 aromatic heterocycles. The summed E-state index contributed by atoms with van der Waals surface area (Å²) in [7, 11) is 0. The Hall–Kier alpha value is -3.24. The van der Waals surface area contributed by atoms with Gasteiger partial charge in [0.1, 0.15) is 18.1 Å². The van der Waals surface area contributed by atoms with E-state index >= 15 is 0 Å². The normalized spacial score (nSPS) is 16.1. The van der Waals surface area contributed by atoms with Crippen LogP contribution in [0.25, 0.3) is 10.9 Å². The maximum Gasteiger partial charge on any atom is 0.153 e. The first-order valence-electron chi connectivity index (χ1n) is 9.71. The monoisotopic (exact) mass is 371 g/mol. The smallest absolute Gasteiger partial charge is 0.153 e. The van der Waals surface area contributed by atoms with E-state index in [1.54, 1.807) is 6.07 Å². The van der Waals surface area contributed by atoms with E-state index in [1.165, 1.54) is 16.6 Å². The number of H-pyrrole nitrogens is 1. The Morgan fingerprint density at radius 2 is 1.89 bits per heavy atom. The average molecular weight is 371 g/mol. The molecule has 4 nitrogen and oxygen atoms in total. The Balaban J connectivity index is 1.48. The van der Waals surface area contributed by atoms with Gasteiger partial charge in [0, 0.05) is 22.9 Å². The van der Waals surface area contributed by atoms with Crippen LogP contribution in [0.1, 0.15) is 28.4 Å². The highest BCUT2D eigenvalue weighted by molar-refractivity contribution is 5.86. The molecule has 0 fully saturated rings. The number of quaternary nitrogens is 1. The Labute approximate surface area is 163 Å². The zero-order chi connectivity index (χ0) is 18.9. The molecule has 5 rings (SSSR count). The first-order valence-corrected chi connectivity index (χ1v) is 9.71. The van der Waals surface area contributed by atoms with Gasteiger partial charge in [-0.1, -0.05) is 42.5 Å². The largest absolute Gasteiger partial charge is 0.508 e. The van der Waals surface area contributed by atoms with Crippen molar-refractivity contribution >= 4 is 10.9 Å². The minimum atomic E-state index is 0.178. The molecule has 1 aliphatic rings. The molecule has 1 atom stereocenters. The SMILES string of the molecule is Oc1cccc([C@@H]2[NH2+]CCc3c2[nH]c2ccc(OCc4ccccc4)cc32)c1. The molecule has 0 saturated carbocycles. The van der Waals surface area contributed by atoms with Crippen molar-refractivity contribution in [3.05, 3.63) is 95.2 Å². The highest BCUT2D eigenvalue weighted by Gasteiger charge is 2.28. The fourth-order valence-electron chi connectivity index (χ4n) is 4.15. The molecular weight excluding hydrogens is 348 g/mol. The van der Waals surface area contributed by atoms with E-state index in [2.05, 4.69) is 40.6 Å². The van der Waals surface area contributed by atoms with Crippen LogP contribution in [0, 0.1) is 0 Å². The minimum Gasteiger partial charge on any atom is -0.508 e. The number of ether oxygens (including phenoxy) is 1. The van der Waals surface area contributed by atoms with Crippen molar-refractivity contribution in [2.75, 3.05) is 6.54 Å². The van der Waals surface area contributed by atoms with Crippen LogP contribution < -0.4 is 10.1 Å². The molecule has 0 radical (unpaired) electrons. The van der Waals surface area contributed by atoms with Gasteiger partial charge in [-0.05, 0) is 41.5 Å². The lowest BCUT2D eigenvalue weighted by Gasteiger charge is -2.21. The molecule has 140 valence electrons. The lowest BCUT2D eigenvalue weighted by molar-refractivity contribution is -0.690. The second kappa shape index (κ2) is 7.06. The second-order valence-corrected chi connectivity index (χ2v) is 7.35. The van der Waals surface area contributed by atoms with Gasteiger partial charge < -0.3 is 20.1 Å². The number of rotatable bonds is 4. The number of aromatic nitrogens is 1. The average Bonchev–Trinajstić information content (AvgIpc) is 3.11. The van der Waals surface area contributed by atoms with Crippen molar-refractivity contribution in [3.8, 4) is 11.5 Å². The van der Waals surface area contributed by atoms with Crippen LogP contribution in [0.4, 0.5) is 0 Å². The third-order valence-corrected chi connectivity index (χ3v) is 5.50. The fourth-order valence-corrected chi connectivity index (χ4v) is 4.15. The van der Waals surface area contributed by atoms with Crippen molar-refractivity contribution in [2.45, 2.75) is 19.1 Å². The number of nitrogens with one attached hydrogen (secondary N) is 1. The third kappa shape index (κ3) is 3.12. The van der Waals surface area contributed by atoms with E-state index in [-0.39, 0.29) is 6.04 Å². The molecule has 2 heterocycles. The molecule has 28 heavy (non-hydrogen) atoms. The molecule has 0 saturated heterocycles. The molecule has 1 aliphatic heterocycles. The van der Waals surface area contributed by atoms with Gasteiger partial charge in [-0.2, -0.15) is 0 Å². The summed E-state index contributed by atoms with van der Waals surface area (Å²) < 4.78 is 6.03. The molecule has 4 heteroatoms. The second-order valence-electron chi connectivity index (χ2n) is 7.35. The summed E-state index contributed by atoms with van der Waals surface area (Å²) >= 11 is 0. The van der Waals surface area contributed by atoms with Crippen molar-refractivity contribution in [1.82, 2.24) is 4.98 Å². The van der Waals surface area contributed by atoms with Crippen molar-refractivity contribution in [1.29, 1.82) is 0 Å². The summed E-state index contributed by atoms with van der Waals surface area (Å²) in [6.45, 7) is 1.59. The Morgan fingerprint density at radius 1 is 1.00 bits per heavy atom. The maximum absolute atomic E-state index is 9.88. The van der Waals surface area contributed by atoms with E-state index in [0.29, 0.717) is 12.4 Å². The predicted molar refractivity (Wildman–Crippen MR) is 110 cm³/mol. The highest BCUT2D eigenvalue weighted by Crippen LogP contribution is 2.33.